The Bertz CT molecular complexity index is 471. The van der Waals surface area contributed by atoms with E-state index < -0.39 is 0 Å². The molecule has 0 saturated carbocycles. The van der Waals surface area contributed by atoms with Gasteiger partial charge in [0.05, 0.1) is 6.33 Å². The van der Waals surface area contributed by atoms with Gasteiger partial charge in [-0.25, -0.2) is 4.98 Å². The number of nitrogens with zero attached hydrogens (tertiary/aromatic N) is 2. The van der Waals surface area contributed by atoms with Crippen LogP contribution in [0.25, 0.3) is 0 Å². The minimum absolute atomic E-state index is 0.236. The standard InChI is InChI=1S/C11H17N5O/c12-9-10(14-6-15-11(9)17)16-3-1-2-7-4-13-5-8(7)16/h6-8,13H,1-5,12H2,(H,14,15,17). The highest BCUT2D eigenvalue weighted by Gasteiger charge is 2.36. The van der Waals surface area contributed by atoms with E-state index in [1.54, 1.807) is 0 Å². The fraction of sp³-hybridized carbons (Fsp3) is 0.636. The van der Waals surface area contributed by atoms with Crippen LogP contribution in [-0.4, -0.2) is 35.6 Å². The van der Waals surface area contributed by atoms with Gasteiger partial charge in [0.2, 0.25) is 0 Å². The van der Waals surface area contributed by atoms with Crippen molar-refractivity contribution < 1.29 is 0 Å². The van der Waals surface area contributed by atoms with Crippen molar-refractivity contribution >= 4 is 11.5 Å². The fourth-order valence-corrected chi connectivity index (χ4v) is 2.96. The van der Waals surface area contributed by atoms with Crippen LogP contribution >= 0.6 is 0 Å². The van der Waals surface area contributed by atoms with E-state index >= 15 is 0 Å². The van der Waals surface area contributed by atoms with Crippen molar-refractivity contribution in [2.75, 3.05) is 30.3 Å². The lowest BCUT2D eigenvalue weighted by Crippen LogP contribution is -2.46. The SMILES string of the molecule is Nc1c(N2CCCC3CNCC32)nc[nH]c1=O. The molecule has 2 unspecified atom stereocenters. The first kappa shape index (κ1) is 10.6. The summed E-state index contributed by atoms with van der Waals surface area (Å²) in [7, 11) is 0. The molecule has 0 radical (unpaired) electrons. The Morgan fingerprint density at radius 3 is 3.24 bits per heavy atom. The third kappa shape index (κ3) is 1.68. The van der Waals surface area contributed by atoms with Gasteiger partial charge >= 0.3 is 0 Å². The predicted molar refractivity (Wildman–Crippen MR) is 66.0 cm³/mol. The second-order valence-electron chi connectivity index (χ2n) is 4.79. The second-order valence-corrected chi connectivity index (χ2v) is 4.79. The number of anilines is 2. The van der Waals surface area contributed by atoms with Crippen molar-refractivity contribution in [2.24, 2.45) is 5.92 Å². The average Bonchev–Trinajstić information content (AvgIpc) is 2.81. The Hall–Kier alpha value is -1.56. The second kappa shape index (κ2) is 4.03. The monoisotopic (exact) mass is 235 g/mol. The first-order chi connectivity index (χ1) is 8.27. The van der Waals surface area contributed by atoms with Gasteiger partial charge in [-0.15, -0.1) is 0 Å². The zero-order valence-corrected chi connectivity index (χ0v) is 9.65. The normalized spacial score (nSPS) is 28.1. The molecule has 0 amide bonds. The zero-order chi connectivity index (χ0) is 11.8. The van der Waals surface area contributed by atoms with Gasteiger partial charge in [0.15, 0.2) is 5.82 Å². The van der Waals surface area contributed by atoms with E-state index in [1.165, 1.54) is 12.7 Å². The summed E-state index contributed by atoms with van der Waals surface area (Å²) in [5.41, 5.74) is 5.82. The minimum atomic E-state index is -0.247. The molecule has 4 N–H and O–H groups in total. The summed E-state index contributed by atoms with van der Waals surface area (Å²) in [5, 5.41) is 3.40. The summed E-state index contributed by atoms with van der Waals surface area (Å²) >= 11 is 0. The maximum absolute atomic E-state index is 11.5. The highest BCUT2D eigenvalue weighted by molar-refractivity contribution is 5.61. The molecule has 2 fully saturated rings. The number of aromatic nitrogens is 2. The topological polar surface area (TPSA) is 87.0 Å². The molecule has 2 saturated heterocycles. The van der Waals surface area contributed by atoms with Crippen molar-refractivity contribution in [1.29, 1.82) is 0 Å². The molecule has 92 valence electrons. The van der Waals surface area contributed by atoms with E-state index in [9.17, 15) is 4.79 Å². The lowest BCUT2D eigenvalue weighted by Gasteiger charge is -2.38. The molecule has 3 rings (SSSR count). The van der Waals surface area contributed by atoms with Crippen LogP contribution in [-0.2, 0) is 0 Å². The molecular weight excluding hydrogens is 218 g/mol. The highest BCUT2D eigenvalue weighted by atomic mass is 16.1. The third-order valence-corrected chi connectivity index (χ3v) is 3.82. The molecule has 0 spiro atoms. The number of rotatable bonds is 1. The molecular formula is C11H17N5O. The Labute approximate surface area is 99.2 Å². The highest BCUT2D eigenvalue weighted by Crippen LogP contribution is 2.31. The molecule has 2 aliphatic rings. The number of hydrogen-bond donors (Lipinski definition) is 3. The van der Waals surface area contributed by atoms with Crippen LogP contribution in [0.2, 0.25) is 0 Å². The average molecular weight is 235 g/mol. The van der Waals surface area contributed by atoms with Gasteiger partial charge in [-0.2, -0.15) is 0 Å². The van der Waals surface area contributed by atoms with Gasteiger partial charge in [0.25, 0.3) is 5.56 Å². The summed E-state index contributed by atoms with van der Waals surface area (Å²) in [6.45, 7) is 2.95. The van der Waals surface area contributed by atoms with Gasteiger partial charge in [-0.3, -0.25) is 4.79 Å². The number of piperidine rings is 1. The van der Waals surface area contributed by atoms with Gasteiger partial charge < -0.3 is 20.9 Å². The van der Waals surface area contributed by atoms with E-state index in [-0.39, 0.29) is 11.2 Å². The molecule has 17 heavy (non-hydrogen) atoms. The Kier molecular flexibility index (Phi) is 2.51. The maximum atomic E-state index is 11.5. The van der Waals surface area contributed by atoms with Crippen LogP contribution in [0.15, 0.2) is 11.1 Å². The molecule has 2 aliphatic heterocycles. The van der Waals surface area contributed by atoms with Crippen LogP contribution in [0.1, 0.15) is 12.8 Å². The number of aromatic amines is 1. The minimum Gasteiger partial charge on any atom is -0.391 e. The smallest absolute Gasteiger partial charge is 0.276 e. The van der Waals surface area contributed by atoms with Gasteiger partial charge in [0.1, 0.15) is 5.69 Å². The molecule has 1 aromatic heterocycles. The fourth-order valence-electron chi connectivity index (χ4n) is 2.96. The predicted octanol–water partition coefficient (Wildman–Crippen LogP) is -0.460. The largest absolute Gasteiger partial charge is 0.391 e. The van der Waals surface area contributed by atoms with E-state index in [2.05, 4.69) is 20.2 Å². The molecule has 6 nitrogen and oxygen atoms in total. The van der Waals surface area contributed by atoms with Crippen molar-refractivity contribution in [3.63, 3.8) is 0 Å². The number of nitrogens with two attached hydrogens (primary N) is 1. The lowest BCUT2D eigenvalue weighted by atomic mass is 9.92. The Balaban J connectivity index is 1.97. The van der Waals surface area contributed by atoms with Crippen molar-refractivity contribution in [1.82, 2.24) is 15.3 Å². The maximum Gasteiger partial charge on any atom is 0.276 e. The van der Waals surface area contributed by atoms with Crippen molar-refractivity contribution in [3.05, 3.63) is 16.7 Å². The Morgan fingerprint density at radius 1 is 1.47 bits per heavy atom. The summed E-state index contributed by atoms with van der Waals surface area (Å²) in [6.07, 6.45) is 3.81. The quantitative estimate of drug-likeness (QED) is 0.613. The van der Waals surface area contributed by atoms with Crippen molar-refractivity contribution in [3.8, 4) is 0 Å². The van der Waals surface area contributed by atoms with E-state index in [1.807, 2.05) is 0 Å². The van der Waals surface area contributed by atoms with Crippen LogP contribution in [0.5, 0.6) is 0 Å². The molecule has 6 heteroatoms. The van der Waals surface area contributed by atoms with Crippen LogP contribution in [0.3, 0.4) is 0 Å². The first-order valence-corrected chi connectivity index (χ1v) is 6.08. The van der Waals surface area contributed by atoms with E-state index in [0.717, 1.165) is 26.1 Å². The number of fused-ring (bicyclic) bond motifs is 1. The summed E-state index contributed by atoms with van der Waals surface area (Å²) in [4.78, 5) is 20.5. The molecule has 2 atom stereocenters. The summed E-state index contributed by atoms with van der Waals surface area (Å²) in [6, 6.07) is 0.431. The summed E-state index contributed by atoms with van der Waals surface area (Å²) < 4.78 is 0. The van der Waals surface area contributed by atoms with E-state index in [0.29, 0.717) is 17.8 Å². The molecule has 3 heterocycles. The molecule has 0 aliphatic carbocycles. The first-order valence-electron chi connectivity index (χ1n) is 6.08. The van der Waals surface area contributed by atoms with Crippen LogP contribution < -0.4 is 21.5 Å². The number of nitrogens with one attached hydrogen (secondary N) is 2. The van der Waals surface area contributed by atoms with Gasteiger partial charge in [0, 0.05) is 25.7 Å². The zero-order valence-electron chi connectivity index (χ0n) is 9.65. The number of hydrogen-bond acceptors (Lipinski definition) is 5. The lowest BCUT2D eigenvalue weighted by molar-refractivity contribution is 0.383. The molecule has 0 aromatic carbocycles. The molecule has 0 bridgehead atoms. The van der Waals surface area contributed by atoms with Gasteiger partial charge in [-0.05, 0) is 18.8 Å². The van der Waals surface area contributed by atoms with Crippen LogP contribution in [0, 0.1) is 5.92 Å². The van der Waals surface area contributed by atoms with Crippen LogP contribution in [0.4, 0.5) is 11.5 Å². The summed E-state index contributed by atoms with van der Waals surface area (Å²) in [5.74, 6) is 1.30. The molecule has 1 aromatic rings. The number of H-pyrrole nitrogens is 1. The third-order valence-electron chi connectivity index (χ3n) is 3.82. The van der Waals surface area contributed by atoms with E-state index in [4.69, 9.17) is 5.73 Å². The van der Waals surface area contributed by atoms with Gasteiger partial charge in [-0.1, -0.05) is 0 Å². The van der Waals surface area contributed by atoms with Crippen molar-refractivity contribution in [2.45, 2.75) is 18.9 Å². The Morgan fingerprint density at radius 2 is 2.35 bits per heavy atom. The number of nitrogen functional groups attached to an aromatic ring is 1.